The molecular formula is C26H24N2O2. The van der Waals surface area contributed by atoms with Crippen LogP contribution in [0.15, 0.2) is 84.9 Å². The largest absolute Gasteiger partial charge is 0.352 e. The number of fused-ring (bicyclic) bond motifs is 1. The number of nitrogens with zero attached hydrogens (tertiary/aromatic N) is 1. The van der Waals surface area contributed by atoms with Crippen molar-refractivity contribution in [2.75, 3.05) is 6.54 Å². The quantitative estimate of drug-likeness (QED) is 0.353. The van der Waals surface area contributed by atoms with E-state index in [1.165, 1.54) is 16.6 Å². The highest BCUT2D eigenvalue weighted by Gasteiger charge is 2.17. The lowest BCUT2D eigenvalue weighted by Gasteiger charge is -2.11. The first kappa shape index (κ1) is 19.6. The average molecular weight is 396 g/mol. The molecule has 0 unspecified atom stereocenters. The third kappa shape index (κ3) is 4.03. The molecule has 3 aromatic carbocycles. The van der Waals surface area contributed by atoms with Crippen LogP contribution in [-0.4, -0.2) is 22.8 Å². The third-order valence-electron chi connectivity index (χ3n) is 5.31. The van der Waals surface area contributed by atoms with Gasteiger partial charge in [-0.1, -0.05) is 66.7 Å². The van der Waals surface area contributed by atoms with E-state index in [9.17, 15) is 9.59 Å². The highest BCUT2D eigenvalue weighted by molar-refractivity contribution is 6.15. The van der Waals surface area contributed by atoms with Crippen molar-refractivity contribution < 1.29 is 9.59 Å². The Bertz CT molecular complexity index is 1190. The first-order chi connectivity index (χ1) is 14.6. The van der Waals surface area contributed by atoms with Gasteiger partial charge in [-0.2, -0.15) is 0 Å². The molecule has 0 aliphatic rings. The first-order valence-electron chi connectivity index (χ1n) is 10.2. The molecule has 0 saturated carbocycles. The van der Waals surface area contributed by atoms with E-state index in [1.807, 2.05) is 30.3 Å². The summed E-state index contributed by atoms with van der Waals surface area (Å²) in [5, 5.41) is 4.20. The fourth-order valence-corrected chi connectivity index (χ4v) is 3.80. The number of hydrogen-bond donors (Lipinski definition) is 1. The SMILES string of the molecule is Cc1cc2ccccc2n1CCCNC(=O)c1ccccc1C(=O)c1ccccc1. The summed E-state index contributed by atoms with van der Waals surface area (Å²) in [6, 6.07) is 26.5. The molecule has 4 rings (SSSR count). The van der Waals surface area contributed by atoms with E-state index in [-0.39, 0.29) is 11.7 Å². The first-order valence-corrected chi connectivity index (χ1v) is 10.2. The molecule has 0 saturated heterocycles. The van der Waals surface area contributed by atoms with Crippen LogP contribution in [0.2, 0.25) is 0 Å². The summed E-state index contributed by atoms with van der Waals surface area (Å²) in [6.07, 6.45) is 0.806. The van der Waals surface area contributed by atoms with E-state index < -0.39 is 0 Å². The lowest BCUT2D eigenvalue weighted by Crippen LogP contribution is -2.27. The molecule has 1 amide bonds. The second kappa shape index (κ2) is 8.78. The molecule has 0 fully saturated rings. The molecule has 150 valence electrons. The number of carbonyl (C=O) groups is 2. The fourth-order valence-electron chi connectivity index (χ4n) is 3.80. The Morgan fingerprint density at radius 2 is 1.50 bits per heavy atom. The van der Waals surface area contributed by atoms with Crippen LogP contribution in [0, 0.1) is 6.92 Å². The van der Waals surface area contributed by atoms with Gasteiger partial charge in [0.05, 0.1) is 5.56 Å². The fraction of sp³-hybridized carbons (Fsp3) is 0.154. The standard InChI is InChI=1S/C26H24N2O2/c1-19-18-21-12-5-8-15-24(21)28(19)17-9-16-27-26(30)23-14-7-6-13-22(23)25(29)20-10-3-2-4-11-20/h2-8,10-15,18H,9,16-17H2,1H3,(H,27,30). The van der Waals surface area contributed by atoms with E-state index in [4.69, 9.17) is 0 Å². The zero-order valence-electron chi connectivity index (χ0n) is 17.0. The maximum absolute atomic E-state index is 12.8. The van der Waals surface area contributed by atoms with Crippen molar-refractivity contribution in [3.8, 4) is 0 Å². The Morgan fingerprint density at radius 1 is 0.833 bits per heavy atom. The van der Waals surface area contributed by atoms with E-state index >= 15 is 0 Å². The zero-order chi connectivity index (χ0) is 20.9. The number of carbonyl (C=O) groups excluding carboxylic acids is 2. The molecule has 1 N–H and O–H groups in total. The van der Waals surface area contributed by atoms with Crippen LogP contribution in [0.3, 0.4) is 0 Å². The summed E-state index contributed by atoms with van der Waals surface area (Å²) in [4.78, 5) is 25.6. The Balaban J connectivity index is 1.41. The summed E-state index contributed by atoms with van der Waals surface area (Å²) in [5.41, 5.74) is 3.83. The van der Waals surface area contributed by atoms with Crippen LogP contribution in [0.1, 0.15) is 38.4 Å². The Hall–Kier alpha value is -3.66. The van der Waals surface area contributed by atoms with Crippen molar-refractivity contribution in [1.29, 1.82) is 0 Å². The third-order valence-corrected chi connectivity index (χ3v) is 5.31. The molecule has 4 heteroatoms. The van der Waals surface area contributed by atoms with E-state index in [0.717, 1.165) is 13.0 Å². The predicted octanol–water partition coefficient (Wildman–Crippen LogP) is 5.00. The molecule has 0 spiro atoms. The minimum atomic E-state index is -0.219. The summed E-state index contributed by atoms with van der Waals surface area (Å²) in [7, 11) is 0. The molecule has 30 heavy (non-hydrogen) atoms. The summed E-state index contributed by atoms with van der Waals surface area (Å²) in [5.74, 6) is -0.361. The van der Waals surface area contributed by atoms with E-state index in [0.29, 0.717) is 23.2 Å². The van der Waals surface area contributed by atoms with Gasteiger partial charge in [-0.25, -0.2) is 0 Å². The number of para-hydroxylation sites is 1. The zero-order valence-corrected chi connectivity index (χ0v) is 17.0. The van der Waals surface area contributed by atoms with Gasteiger partial charge in [0.1, 0.15) is 0 Å². The smallest absolute Gasteiger partial charge is 0.252 e. The number of ketones is 1. The average Bonchev–Trinajstić information content (AvgIpc) is 3.11. The highest BCUT2D eigenvalue weighted by Crippen LogP contribution is 2.19. The topological polar surface area (TPSA) is 51.1 Å². The van der Waals surface area contributed by atoms with Crippen molar-refractivity contribution in [3.63, 3.8) is 0 Å². The normalized spacial score (nSPS) is 10.8. The van der Waals surface area contributed by atoms with Gasteiger partial charge in [-0.15, -0.1) is 0 Å². The summed E-state index contributed by atoms with van der Waals surface area (Å²) < 4.78 is 2.27. The number of benzene rings is 3. The number of amides is 1. The number of rotatable bonds is 7. The summed E-state index contributed by atoms with van der Waals surface area (Å²) >= 11 is 0. The maximum atomic E-state index is 12.8. The number of hydrogen-bond acceptors (Lipinski definition) is 2. The van der Waals surface area contributed by atoms with Gasteiger partial charge in [0.15, 0.2) is 5.78 Å². The lowest BCUT2D eigenvalue weighted by molar-refractivity contribution is 0.0941. The maximum Gasteiger partial charge on any atom is 0.252 e. The van der Waals surface area contributed by atoms with Crippen LogP contribution in [0.5, 0.6) is 0 Å². The minimum Gasteiger partial charge on any atom is -0.352 e. The van der Waals surface area contributed by atoms with Crippen molar-refractivity contribution in [2.45, 2.75) is 19.9 Å². The van der Waals surface area contributed by atoms with Gasteiger partial charge in [0.2, 0.25) is 0 Å². The van der Waals surface area contributed by atoms with Gasteiger partial charge in [0, 0.05) is 35.4 Å². The van der Waals surface area contributed by atoms with Gasteiger partial charge < -0.3 is 9.88 Å². The van der Waals surface area contributed by atoms with Crippen molar-refractivity contribution >= 4 is 22.6 Å². The van der Waals surface area contributed by atoms with Crippen molar-refractivity contribution in [3.05, 3.63) is 107 Å². The van der Waals surface area contributed by atoms with Crippen molar-refractivity contribution in [2.24, 2.45) is 0 Å². The molecule has 4 nitrogen and oxygen atoms in total. The van der Waals surface area contributed by atoms with Gasteiger partial charge in [-0.05, 0) is 36.9 Å². The Kier molecular flexibility index (Phi) is 5.75. The highest BCUT2D eigenvalue weighted by atomic mass is 16.2. The van der Waals surface area contributed by atoms with Gasteiger partial charge in [-0.3, -0.25) is 9.59 Å². The number of aryl methyl sites for hydroxylation is 2. The van der Waals surface area contributed by atoms with Crippen LogP contribution >= 0.6 is 0 Å². The van der Waals surface area contributed by atoms with E-state index in [2.05, 4.69) is 35.0 Å². The molecule has 0 aliphatic carbocycles. The molecule has 4 aromatic rings. The second-order valence-electron chi connectivity index (χ2n) is 7.35. The van der Waals surface area contributed by atoms with Gasteiger partial charge in [0.25, 0.3) is 5.91 Å². The van der Waals surface area contributed by atoms with Crippen molar-refractivity contribution in [1.82, 2.24) is 9.88 Å². The van der Waals surface area contributed by atoms with Crippen LogP contribution in [-0.2, 0) is 6.54 Å². The summed E-state index contributed by atoms with van der Waals surface area (Å²) in [6.45, 7) is 3.47. The number of aromatic nitrogens is 1. The van der Waals surface area contributed by atoms with Crippen LogP contribution < -0.4 is 5.32 Å². The Labute approximate surface area is 176 Å². The lowest BCUT2D eigenvalue weighted by atomic mass is 9.98. The molecule has 0 atom stereocenters. The molecule has 0 bridgehead atoms. The van der Waals surface area contributed by atoms with E-state index in [1.54, 1.807) is 36.4 Å². The minimum absolute atomic E-state index is 0.143. The molecule has 1 aromatic heterocycles. The molecular weight excluding hydrogens is 372 g/mol. The van der Waals surface area contributed by atoms with Crippen LogP contribution in [0.4, 0.5) is 0 Å². The Morgan fingerprint density at radius 3 is 2.30 bits per heavy atom. The monoisotopic (exact) mass is 396 g/mol. The van der Waals surface area contributed by atoms with Gasteiger partial charge >= 0.3 is 0 Å². The number of nitrogens with one attached hydrogen (secondary N) is 1. The molecule has 0 radical (unpaired) electrons. The predicted molar refractivity (Wildman–Crippen MR) is 120 cm³/mol. The second-order valence-corrected chi connectivity index (χ2v) is 7.35. The molecule has 0 aliphatic heterocycles. The van der Waals surface area contributed by atoms with Crippen LogP contribution in [0.25, 0.3) is 10.9 Å². The molecule has 1 heterocycles.